The number of piperazine rings is 1. The molecule has 1 aliphatic heterocycles. The first-order chi connectivity index (χ1) is 17.9. The smallest absolute Gasteiger partial charge is 0.267 e. The molecule has 0 N–H and O–H groups in total. The van der Waals surface area contributed by atoms with Crippen molar-refractivity contribution in [3.8, 4) is 0 Å². The lowest BCUT2D eigenvalue weighted by molar-refractivity contribution is 0.261. The highest BCUT2D eigenvalue weighted by Crippen LogP contribution is 2.32. The molecule has 0 amide bonds. The van der Waals surface area contributed by atoms with E-state index in [0.29, 0.717) is 12.1 Å². The molecule has 0 spiro atoms. The number of aromatic nitrogens is 1. The summed E-state index contributed by atoms with van der Waals surface area (Å²) in [7, 11) is -4.07. The van der Waals surface area contributed by atoms with Gasteiger partial charge in [-0.2, -0.15) is 4.37 Å². The SMILES string of the molecule is CC(C)N(c1ccccc1CCN1CCN(c2nsc3ccccc23)CC1)S(=O)(=O)c1ccccc1F. The minimum atomic E-state index is -4.07. The van der Waals surface area contributed by atoms with E-state index in [0.717, 1.165) is 44.1 Å². The van der Waals surface area contributed by atoms with Crippen LogP contribution in [0, 0.1) is 5.82 Å². The molecular weight excluding hydrogens is 507 g/mol. The van der Waals surface area contributed by atoms with Gasteiger partial charge in [0.1, 0.15) is 16.5 Å². The number of hydrogen-bond acceptors (Lipinski definition) is 6. The van der Waals surface area contributed by atoms with E-state index in [2.05, 4.69) is 28.0 Å². The molecule has 1 aromatic heterocycles. The maximum atomic E-state index is 14.5. The number of para-hydroxylation sites is 1. The van der Waals surface area contributed by atoms with E-state index < -0.39 is 15.8 Å². The van der Waals surface area contributed by atoms with Gasteiger partial charge in [-0.1, -0.05) is 42.5 Å². The first-order valence-corrected chi connectivity index (χ1v) is 14.8. The molecule has 0 saturated carbocycles. The lowest BCUT2D eigenvalue weighted by Gasteiger charge is -2.35. The van der Waals surface area contributed by atoms with E-state index in [9.17, 15) is 12.8 Å². The average Bonchev–Trinajstić information content (AvgIpc) is 3.32. The van der Waals surface area contributed by atoms with Crippen LogP contribution in [0.5, 0.6) is 0 Å². The Morgan fingerprint density at radius 1 is 0.946 bits per heavy atom. The number of nitrogens with zero attached hydrogens (tertiary/aromatic N) is 4. The summed E-state index contributed by atoms with van der Waals surface area (Å²) in [5, 5.41) is 1.21. The molecule has 0 unspecified atom stereocenters. The lowest BCUT2D eigenvalue weighted by Crippen LogP contribution is -2.47. The number of benzene rings is 3. The Kier molecular flexibility index (Phi) is 7.46. The van der Waals surface area contributed by atoms with Crippen molar-refractivity contribution in [2.45, 2.75) is 31.2 Å². The predicted octanol–water partition coefficient (Wildman–Crippen LogP) is 5.40. The van der Waals surface area contributed by atoms with Gasteiger partial charge in [0.15, 0.2) is 0 Å². The zero-order valence-corrected chi connectivity index (χ0v) is 22.7. The summed E-state index contributed by atoms with van der Waals surface area (Å²) in [5.41, 5.74) is 1.54. The molecule has 37 heavy (non-hydrogen) atoms. The Morgan fingerprint density at radius 2 is 1.62 bits per heavy atom. The standard InChI is InChI=1S/C28H31FN4O2S2/c1-21(2)33(37(34,35)27-14-8-5-11-24(27)29)25-12-6-3-9-22(25)15-16-31-17-19-32(20-18-31)28-23-10-4-7-13-26(23)36-30-28/h3-14,21H,15-20H2,1-2H3. The molecule has 1 saturated heterocycles. The van der Waals surface area contributed by atoms with Crippen LogP contribution in [0.25, 0.3) is 10.1 Å². The number of halogens is 1. The van der Waals surface area contributed by atoms with Gasteiger partial charge in [0, 0.05) is 44.2 Å². The molecule has 0 aliphatic carbocycles. The molecule has 1 fully saturated rings. The fourth-order valence-electron chi connectivity index (χ4n) is 4.94. The zero-order valence-electron chi connectivity index (χ0n) is 21.0. The Morgan fingerprint density at radius 3 is 2.38 bits per heavy atom. The van der Waals surface area contributed by atoms with E-state index >= 15 is 0 Å². The third-order valence-corrected chi connectivity index (χ3v) is 9.64. The van der Waals surface area contributed by atoms with Gasteiger partial charge in [-0.05, 0) is 67.7 Å². The van der Waals surface area contributed by atoms with Crippen LogP contribution in [0.15, 0.2) is 77.7 Å². The topological polar surface area (TPSA) is 56.8 Å². The van der Waals surface area contributed by atoms with Gasteiger partial charge in [0.25, 0.3) is 10.0 Å². The second kappa shape index (κ2) is 10.8. The van der Waals surface area contributed by atoms with Crippen molar-refractivity contribution in [3.63, 3.8) is 0 Å². The highest BCUT2D eigenvalue weighted by molar-refractivity contribution is 7.92. The maximum absolute atomic E-state index is 14.5. The molecular formula is C28H31FN4O2S2. The fourth-order valence-corrected chi connectivity index (χ4v) is 7.51. The van der Waals surface area contributed by atoms with E-state index in [-0.39, 0.29) is 10.9 Å². The molecule has 0 bridgehead atoms. The van der Waals surface area contributed by atoms with Crippen LogP contribution in [0.2, 0.25) is 0 Å². The molecule has 1 aliphatic rings. The van der Waals surface area contributed by atoms with Crippen LogP contribution in [0.4, 0.5) is 15.9 Å². The minimum absolute atomic E-state index is 0.302. The second-order valence-electron chi connectivity index (χ2n) is 9.53. The highest BCUT2D eigenvalue weighted by Gasteiger charge is 2.31. The number of sulfonamides is 1. The molecule has 194 valence electrons. The van der Waals surface area contributed by atoms with Crippen molar-refractivity contribution in [1.29, 1.82) is 0 Å². The Bertz CT molecular complexity index is 1480. The molecule has 0 atom stereocenters. The molecule has 9 heteroatoms. The third-order valence-electron chi connectivity index (χ3n) is 6.80. The van der Waals surface area contributed by atoms with Crippen LogP contribution < -0.4 is 9.21 Å². The first kappa shape index (κ1) is 25.6. The number of anilines is 2. The van der Waals surface area contributed by atoms with Gasteiger partial charge >= 0.3 is 0 Å². The largest absolute Gasteiger partial charge is 0.353 e. The van der Waals surface area contributed by atoms with Crippen LogP contribution >= 0.6 is 11.5 Å². The fraction of sp³-hybridized carbons (Fsp3) is 0.321. The van der Waals surface area contributed by atoms with Crippen molar-refractivity contribution in [3.05, 3.63) is 84.2 Å². The van der Waals surface area contributed by atoms with E-state index in [4.69, 9.17) is 4.37 Å². The molecule has 4 aromatic rings. The van der Waals surface area contributed by atoms with Gasteiger partial charge in [-0.15, -0.1) is 0 Å². The third kappa shape index (κ3) is 5.21. The average molecular weight is 539 g/mol. The molecule has 6 nitrogen and oxygen atoms in total. The van der Waals surface area contributed by atoms with Crippen LogP contribution in [-0.2, 0) is 16.4 Å². The Labute approximate surface area is 222 Å². The summed E-state index contributed by atoms with van der Waals surface area (Å²) in [6.45, 7) is 8.07. The quantitative estimate of drug-likeness (QED) is 0.301. The Balaban J connectivity index is 1.30. The maximum Gasteiger partial charge on any atom is 0.267 e. The highest BCUT2D eigenvalue weighted by atomic mass is 32.2. The predicted molar refractivity (Wildman–Crippen MR) is 150 cm³/mol. The van der Waals surface area contributed by atoms with E-state index in [1.54, 1.807) is 17.6 Å². The van der Waals surface area contributed by atoms with Crippen LogP contribution in [0.3, 0.4) is 0 Å². The minimum Gasteiger partial charge on any atom is -0.353 e. The molecule has 0 radical (unpaired) electrons. The van der Waals surface area contributed by atoms with Gasteiger partial charge < -0.3 is 4.90 Å². The zero-order chi connectivity index (χ0) is 26.0. The number of hydrogen-bond donors (Lipinski definition) is 0. The lowest BCUT2D eigenvalue weighted by atomic mass is 10.1. The summed E-state index contributed by atoms with van der Waals surface area (Å²) < 4.78 is 48.9. The summed E-state index contributed by atoms with van der Waals surface area (Å²) in [6, 6.07) is 21.1. The van der Waals surface area contributed by atoms with E-state index in [1.165, 1.54) is 32.6 Å². The summed E-state index contributed by atoms with van der Waals surface area (Å²) in [4.78, 5) is 4.46. The van der Waals surface area contributed by atoms with Crippen molar-refractivity contribution in [1.82, 2.24) is 9.27 Å². The molecule has 2 heterocycles. The molecule has 5 rings (SSSR count). The summed E-state index contributed by atoms with van der Waals surface area (Å²) >= 11 is 1.54. The Hall–Kier alpha value is -3.01. The molecule has 3 aromatic carbocycles. The second-order valence-corrected chi connectivity index (χ2v) is 12.1. The van der Waals surface area contributed by atoms with Crippen LogP contribution in [0.1, 0.15) is 19.4 Å². The van der Waals surface area contributed by atoms with Crippen molar-refractivity contribution < 1.29 is 12.8 Å². The summed E-state index contributed by atoms with van der Waals surface area (Å²) in [5.74, 6) is 0.327. The van der Waals surface area contributed by atoms with Gasteiger partial charge in [0.05, 0.1) is 10.4 Å². The van der Waals surface area contributed by atoms with Crippen molar-refractivity contribution in [2.24, 2.45) is 0 Å². The number of fused-ring (bicyclic) bond motifs is 1. The van der Waals surface area contributed by atoms with E-state index in [1.807, 2.05) is 44.2 Å². The monoisotopic (exact) mass is 538 g/mol. The van der Waals surface area contributed by atoms with Crippen molar-refractivity contribution >= 4 is 43.1 Å². The number of rotatable bonds is 8. The van der Waals surface area contributed by atoms with Gasteiger partial charge in [-0.25, -0.2) is 12.8 Å². The van der Waals surface area contributed by atoms with Gasteiger partial charge in [0.2, 0.25) is 0 Å². The van der Waals surface area contributed by atoms with Crippen molar-refractivity contribution in [2.75, 3.05) is 41.9 Å². The normalized spacial score (nSPS) is 15.0. The summed E-state index contributed by atoms with van der Waals surface area (Å²) in [6.07, 6.45) is 0.700. The first-order valence-electron chi connectivity index (χ1n) is 12.5. The van der Waals surface area contributed by atoms with Crippen LogP contribution in [-0.4, -0.2) is 56.5 Å². The van der Waals surface area contributed by atoms with Gasteiger partial charge in [-0.3, -0.25) is 9.21 Å².